The van der Waals surface area contributed by atoms with Crippen LogP contribution in [0.5, 0.6) is 0 Å². The van der Waals surface area contributed by atoms with Crippen LogP contribution in [0.3, 0.4) is 0 Å². The number of hydrogen-bond donors (Lipinski definition) is 2. The molecule has 2 aromatic rings. The van der Waals surface area contributed by atoms with Crippen LogP contribution in [0.2, 0.25) is 0 Å². The Balaban J connectivity index is 2.57. The lowest BCUT2D eigenvalue weighted by Gasteiger charge is -2.13. The molecule has 3 N–H and O–H groups in total. The van der Waals surface area contributed by atoms with Gasteiger partial charge in [0.05, 0.1) is 11.3 Å². The maximum absolute atomic E-state index is 9.06. The minimum atomic E-state index is 0.0492. The first kappa shape index (κ1) is 15.3. The summed E-state index contributed by atoms with van der Waals surface area (Å²) < 4.78 is 1.88. The van der Waals surface area contributed by atoms with Gasteiger partial charge in [0.2, 0.25) is 0 Å². The van der Waals surface area contributed by atoms with E-state index < -0.39 is 0 Å². The minimum absolute atomic E-state index is 0.0492. The number of imidazole rings is 1. The lowest BCUT2D eigenvalue weighted by Crippen LogP contribution is -2.20. The first-order valence-corrected chi connectivity index (χ1v) is 7.45. The third-order valence-electron chi connectivity index (χ3n) is 3.14. The normalized spacial score (nSPS) is 11.9. The van der Waals surface area contributed by atoms with Gasteiger partial charge in [-0.3, -0.25) is 0 Å². The molecule has 0 aliphatic carbocycles. The zero-order chi connectivity index (χ0) is 15.4. The second-order valence-corrected chi connectivity index (χ2v) is 5.38. The third-order valence-corrected chi connectivity index (χ3v) is 4.20. The summed E-state index contributed by atoms with van der Waals surface area (Å²) in [4.78, 5) is 4.25. The third kappa shape index (κ3) is 2.99. The fourth-order valence-electron chi connectivity index (χ4n) is 2.08. The second-order valence-electron chi connectivity index (χ2n) is 4.42. The lowest BCUT2D eigenvalue weighted by molar-refractivity contribution is 0.318. The van der Waals surface area contributed by atoms with Crippen molar-refractivity contribution in [2.45, 2.75) is 36.9 Å². The first-order chi connectivity index (χ1) is 10.1. The molecule has 0 spiro atoms. The Morgan fingerprint density at radius 2 is 2.14 bits per heavy atom. The van der Waals surface area contributed by atoms with Gasteiger partial charge in [0.1, 0.15) is 5.03 Å². The summed E-state index contributed by atoms with van der Waals surface area (Å²) in [6, 6.07) is 0. The van der Waals surface area contributed by atoms with Gasteiger partial charge in [-0.15, -0.1) is 5.10 Å². The van der Waals surface area contributed by atoms with Crippen molar-refractivity contribution >= 4 is 17.6 Å². The van der Waals surface area contributed by atoms with E-state index in [2.05, 4.69) is 20.3 Å². The molecule has 0 unspecified atom stereocenters. The highest BCUT2D eigenvalue weighted by Gasteiger charge is 2.20. The van der Waals surface area contributed by atoms with Gasteiger partial charge >= 0.3 is 0 Å². The maximum atomic E-state index is 9.06. The van der Waals surface area contributed by atoms with Crippen LogP contribution in [-0.2, 0) is 19.9 Å². The van der Waals surface area contributed by atoms with Crippen LogP contribution in [-0.4, -0.2) is 30.8 Å². The van der Waals surface area contributed by atoms with Crippen LogP contribution >= 0.6 is 11.8 Å². The van der Waals surface area contributed by atoms with Crippen LogP contribution in [0.25, 0.3) is 0 Å². The summed E-state index contributed by atoms with van der Waals surface area (Å²) in [5.41, 5.74) is 8.31. The highest BCUT2D eigenvalue weighted by Crippen LogP contribution is 2.29. The fraction of sp³-hybridized carbons (Fsp3) is 0.385. The number of nitrogens with zero attached hydrogens (tertiary/aromatic N) is 5. The number of oxime groups is 1. The molecule has 0 aliphatic rings. The standard InChI is InChI=1S/C13H18N6OS/c1-4-8-9(5-2)16-17-12(10(8)11(14)18-20)21-13-15-6-7-19(13)3/h6-7,20H,4-5H2,1-3H3,(H2,14,18). The molecule has 0 bridgehead atoms. The molecule has 2 aromatic heterocycles. The molecular weight excluding hydrogens is 288 g/mol. The van der Waals surface area contributed by atoms with Gasteiger partial charge in [-0.1, -0.05) is 19.0 Å². The number of aromatic nitrogens is 4. The summed E-state index contributed by atoms with van der Waals surface area (Å²) in [5.74, 6) is 0.0492. The van der Waals surface area contributed by atoms with Gasteiger partial charge in [0, 0.05) is 19.4 Å². The second kappa shape index (κ2) is 6.57. The summed E-state index contributed by atoms with van der Waals surface area (Å²) in [6.07, 6.45) is 5.04. The van der Waals surface area contributed by atoms with Crippen molar-refractivity contribution in [2.75, 3.05) is 0 Å². The zero-order valence-electron chi connectivity index (χ0n) is 12.2. The van der Waals surface area contributed by atoms with E-state index in [9.17, 15) is 0 Å². The molecule has 0 aromatic carbocycles. The van der Waals surface area contributed by atoms with Crippen molar-refractivity contribution < 1.29 is 5.21 Å². The average Bonchev–Trinajstić information content (AvgIpc) is 2.91. The molecule has 0 saturated heterocycles. The van der Waals surface area contributed by atoms with E-state index in [1.165, 1.54) is 11.8 Å². The number of amidine groups is 1. The molecule has 21 heavy (non-hydrogen) atoms. The number of aryl methyl sites for hydroxylation is 2. The molecule has 0 amide bonds. The fourth-order valence-corrected chi connectivity index (χ4v) is 2.98. The summed E-state index contributed by atoms with van der Waals surface area (Å²) in [6.45, 7) is 4.02. The molecule has 0 fully saturated rings. The summed E-state index contributed by atoms with van der Waals surface area (Å²) in [7, 11) is 1.90. The summed E-state index contributed by atoms with van der Waals surface area (Å²) >= 11 is 1.35. The first-order valence-electron chi connectivity index (χ1n) is 6.63. The van der Waals surface area contributed by atoms with Gasteiger partial charge in [-0.25, -0.2) is 4.98 Å². The van der Waals surface area contributed by atoms with E-state index in [1.807, 2.05) is 31.7 Å². The smallest absolute Gasteiger partial charge is 0.174 e. The van der Waals surface area contributed by atoms with Crippen LogP contribution in [0, 0.1) is 0 Å². The molecule has 0 atom stereocenters. The molecule has 0 saturated carbocycles. The monoisotopic (exact) mass is 306 g/mol. The maximum Gasteiger partial charge on any atom is 0.174 e. The van der Waals surface area contributed by atoms with Gasteiger partial charge in [-0.05, 0) is 30.2 Å². The Labute approximate surface area is 127 Å². The number of nitrogens with two attached hydrogens (primary N) is 1. The van der Waals surface area contributed by atoms with Gasteiger partial charge < -0.3 is 15.5 Å². The largest absolute Gasteiger partial charge is 0.409 e. The Morgan fingerprint density at radius 3 is 2.67 bits per heavy atom. The lowest BCUT2D eigenvalue weighted by atomic mass is 10.0. The van der Waals surface area contributed by atoms with E-state index in [1.54, 1.807) is 6.20 Å². The van der Waals surface area contributed by atoms with Crippen LogP contribution < -0.4 is 5.73 Å². The number of hydrogen-bond acceptors (Lipinski definition) is 6. The van der Waals surface area contributed by atoms with Crippen LogP contribution in [0.15, 0.2) is 27.7 Å². The predicted molar refractivity (Wildman–Crippen MR) is 80.6 cm³/mol. The van der Waals surface area contributed by atoms with Crippen molar-refractivity contribution in [2.24, 2.45) is 17.9 Å². The Bertz CT molecular complexity index is 667. The SMILES string of the molecule is CCc1nnc(Sc2nccn2C)c(/C(N)=N/O)c1CC. The quantitative estimate of drug-likeness (QED) is 0.376. The molecular formula is C13H18N6OS. The van der Waals surface area contributed by atoms with Crippen molar-refractivity contribution in [1.82, 2.24) is 19.7 Å². The van der Waals surface area contributed by atoms with Gasteiger partial charge in [0.15, 0.2) is 11.0 Å². The highest BCUT2D eigenvalue weighted by atomic mass is 32.2. The zero-order valence-corrected chi connectivity index (χ0v) is 13.1. The molecule has 0 radical (unpaired) electrons. The molecule has 8 heteroatoms. The highest BCUT2D eigenvalue weighted by molar-refractivity contribution is 7.99. The Kier molecular flexibility index (Phi) is 4.79. The van der Waals surface area contributed by atoms with Crippen LogP contribution in [0.4, 0.5) is 0 Å². The molecule has 112 valence electrons. The average molecular weight is 306 g/mol. The topological polar surface area (TPSA) is 102 Å². The summed E-state index contributed by atoms with van der Waals surface area (Å²) in [5, 5.41) is 22.0. The molecule has 2 heterocycles. The number of rotatable bonds is 5. The Morgan fingerprint density at radius 1 is 1.38 bits per heavy atom. The minimum Gasteiger partial charge on any atom is -0.409 e. The molecule has 0 aliphatic heterocycles. The van der Waals surface area contributed by atoms with Gasteiger partial charge in [-0.2, -0.15) is 5.10 Å². The van der Waals surface area contributed by atoms with Crippen molar-refractivity contribution in [3.05, 3.63) is 29.2 Å². The van der Waals surface area contributed by atoms with Crippen molar-refractivity contribution in [3.8, 4) is 0 Å². The van der Waals surface area contributed by atoms with Crippen LogP contribution in [0.1, 0.15) is 30.7 Å². The van der Waals surface area contributed by atoms with Crippen molar-refractivity contribution in [1.29, 1.82) is 0 Å². The van der Waals surface area contributed by atoms with Crippen molar-refractivity contribution in [3.63, 3.8) is 0 Å². The van der Waals surface area contributed by atoms with E-state index in [4.69, 9.17) is 10.9 Å². The van der Waals surface area contributed by atoms with E-state index in [0.29, 0.717) is 10.6 Å². The Hall–Kier alpha value is -2.09. The van der Waals surface area contributed by atoms with E-state index >= 15 is 0 Å². The molecule has 2 rings (SSSR count). The van der Waals surface area contributed by atoms with E-state index in [-0.39, 0.29) is 5.84 Å². The predicted octanol–water partition coefficient (Wildman–Crippen LogP) is 1.58. The van der Waals surface area contributed by atoms with Gasteiger partial charge in [0.25, 0.3) is 0 Å². The molecule has 7 nitrogen and oxygen atoms in total. The van der Waals surface area contributed by atoms with E-state index in [0.717, 1.165) is 29.3 Å².